The molecule has 6 rings (SSSR count). The molecule has 34 heavy (non-hydrogen) atoms. The van der Waals surface area contributed by atoms with Crippen LogP contribution in [0.15, 0.2) is 24.4 Å². The minimum Gasteiger partial charge on any atom is -0.492 e. The van der Waals surface area contributed by atoms with Crippen LogP contribution in [0, 0.1) is 17.5 Å². The zero-order valence-electron chi connectivity index (χ0n) is 18.7. The fraction of sp³-hybridized carbons (Fsp3) is 0.400. The number of piperidine rings is 1. The van der Waals surface area contributed by atoms with E-state index in [1.54, 1.807) is 24.0 Å². The van der Waals surface area contributed by atoms with Crippen LogP contribution in [-0.2, 0) is 19.9 Å². The SMILES string of the molecule is Cn1nc2c(c1-c1cc(F)c(F)c(F)c1)C[C@@H]1CCC[C@H]2N1C(=O)c1cnc2c(c1)OCCC2. The van der Waals surface area contributed by atoms with E-state index >= 15 is 0 Å². The summed E-state index contributed by atoms with van der Waals surface area (Å²) in [5.74, 6) is -3.41. The van der Waals surface area contributed by atoms with E-state index in [0.29, 0.717) is 30.0 Å². The molecule has 2 atom stereocenters. The van der Waals surface area contributed by atoms with E-state index in [9.17, 15) is 18.0 Å². The topological polar surface area (TPSA) is 60.2 Å². The van der Waals surface area contributed by atoms with Crippen molar-refractivity contribution in [1.82, 2.24) is 19.7 Å². The molecule has 3 aromatic rings. The first-order valence-corrected chi connectivity index (χ1v) is 11.6. The molecule has 1 fully saturated rings. The lowest BCUT2D eigenvalue weighted by Crippen LogP contribution is -2.49. The Bertz CT molecular complexity index is 1300. The Labute approximate surface area is 194 Å². The number of amides is 1. The molecule has 3 aliphatic heterocycles. The van der Waals surface area contributed by atoms with Crippen molar-refractivity contribution in [2.75, 3.05) is 6.61 Å². The van der Waals surface area contributed by atoms with Crippen molar-refractivity contribution < 1.29 is 22.7 Å². The zero-order valence-corrected chi connectivity index (χ0v) is 18.7. The number of rotatable bonds is 2. The minimum absolute atomic E-state index is 0.0752. The van der Waals surface area contributed by atoms with E-state index in [0.717, 1.165) is 61.2 Å². The molecule has 1 aromatic carbocycles. The standard InChI is InChI=1S/C25H23F3N4O2/c1-31-24(13-8-17(26)22(28)18(27)9-13)16-11-15-4-2-6-20(23(16)30-31)32(15)25(33)14-10-21-19(29-12-14)5-3-7-34-21/h8-10,12,15,20H,2-7,11H2,1H3/t15-,20+/m0/s1. The lowest BCUT2D eigenvalue weighted by Gasteiger charge is -2.45. The van der Waals surface area contributed by atoms with Gasteiger partial charge in [-0.1, -0.05) is 0 Å². The van der Waals surface area contributed by atoms with Crippen molar-refractivity contribution in [3.05, 3.63) is 64.4 Å². The maximum absolute atomic E-state index is 14.0. The Morgan fingerprint density at radius 1 is 1.12 bits per heavy atom. The van der Waals surface area contributed by atoms with Gasteiger partial charge in [0.25, 0.3) is 5.91 Å². The summed E-state index contributed by atoms with van der Waals surface area (Å²) in [6.07, 6.45) is 6.39. The number of benzene rings is 1. The molecule has 0 aliphatic carbocycles. The number of hydrogen-bond acceptors (Lipinski definition) is 4. The van der Waals surface area contributed by atoms with E-state index in [1.165, 1.54) is 0 Å². The lowest BCUT2D eigenvalue weighted by molar-refractivity contribution is 0.0391. The Hall–Kier alpha value is -3.36. The van der Waals surface area contributed by atoms with Gasteiger partial charge in [-0.25, -0.2) is 13.2 Å². The van der Waals surface area contributed by atoms with Gasteiger partial charge in [0.2, 0.25) is 0 Å². The number of carbonyl (C=O) groups excluding carboxylic acids is 1. The number of nitrogens with zero attached hydrogens (tertiary/aromatic N) is 4. The second-order valence-electron chi connectivity index (χ2n) is 9.23. The van der Waals surface area contributed by atoms with Crippen LogP contribution < -0.4 is 4.74 Å². The van der Waals surface area contributed by atoms with Gasteiger partial charge in [0, 0.05) is 30.4 Å². The summed E-state index contributed by atoms with van der Waals surface area (Å²) in [6.45, 7) is 0.617. The lowest BCUT2D eigenvalue weighted by atomic mass is 9.81. The fourth-order valence-corrected chi connectivity index (χ4v) is 5.68. The molecule has 176 valence electrons. The van der Waals surface area contributed by atoms with Crippen molar-refractivity contribution in [3.63, 3.8) is 0 Å². The van der Waals surface area contributed by atoms with Crippen LogP contribution in [0.3, 0.4) is 0 Å². The van der Waals surface area contributed by atoms with Crippen molar-refractivity contribution in [1.29, 1.82) is 0 Å². The van der Waals surface area contributed by atoms with Crippen LogP contribution in [0.2, 0.25) is 0 Å². The van der Waals surface area contributed by atoms with Crippen molar-refractivity contribution in [3.8, 4) is 17.0 Å². The summed E-state index contributed by atoms with van der Waals surface area (Å²) in [5.41, 5.74) is 3.74. The Morgan fingerprint density at radius 2 is 1.91 bits per heavy atom. The van der Waals surface area contributed by atoms with Crippen LogP contribution in [0.4, 0.5) is 13.2 Å². The minimum atomic E-state index is -1.49. The molecule has 0 saturated carbocycles. The normalized spacial score (nSPS) is 21.0. The summed E-state index contributed by atoms with van der Waals surface area (Å²) < 4.78 is 48.8. The van der Waals surface area contributed by atoms with Crippen LogP contribution in [0.5, 0.6) is 5.75 Å². The molecule has 0 spiro atoms. The molecule has 6 nitrogen and oxygen atoms in total. The summed E-state index contributed by atoms with van der Waals surface area (Å²) in [7, 11) is 1.70. The van der Waals surface area contributed by atoms with Crippen LogP contribution in [0.1, 0.15) is 59.0 Å². The Balaban J connectivity index is 1.40. The highest BCUT2D eigenvalue weighted by molar-refractivity contribution is 5.95. The van der Waals surface area contributed by atoms with Gasteiger partial charge in [-0.2, -0.15) is 5.10 Å². The largest absolute Gasteiger partial charge is 0.492 e. The van der Waals surface area contributed by atoms with Gasteiger partial charge >= 0.3 is 0 Å². The number of hydrogen-bond donors (Lipinski definition) is 0. The van der Waals surface area contributed by atoms with Gasteiger partial charge in [-0.15, -0.1) is 0 Å². The van der Waals surface area contributed by atoms with E-state index in [-0.39, 0.29) is 23.6 Å². The van der Waals surface area contributed by atoms with Crippen LogP contribution in [-0.4, -0.2) is 38.2 Å². The third-order valence-corrected chi connectivity index (χ3v) is 7.16. The van der Waals surface area contributed by atoms with Gasteiger partial charge < -0.3 is 9.64 Å². The molecular formula is C25H23F3N4O2. The van der Waals surface area contributed by atoms with Crippen molar-refractivity contribution >= 4 is 5.91 Å². The number of aromatic nitrogens is 3. The van der Waals surface area contributed by atoms with E-state index in [4.69, 9.17) is 4.74 Å². The summed E-state index contributed by atoms with van der Waals surface area (Å²) in [5, 5.41) is 4.67. The van der Waals surface area contributed by atoms with Crippen LogP contribution >= 0.6 is 0 Å². The highest BCUT2D eigenvalue weighted by Gasteiger charge is 2.43. The van der Waals surface area contributed by atoms with E-state index < -0.39 is 17.5 Å². The highest BCUT2D eigenvalue weighted by atomic mass is 19.2. The molecule has 2 aromatic heterocycles. The average Bonchev–Trinajstić information content (AvgIpc) is 3.16. The number of ether oxygens (including phenoxy) is 1. The molecular weight excluding hydrogens is 445 g/mol. The maximum atomic E-state index is 14.0. The number of fused-ring (bicyclic) bond motifs is 5. The third-order valence-electron chi connectivity index (χ3n) is 7.16. The third kappa shape index (κ3) is 3.20. The molecule has 0 N–H and O–H groups in total. The van der Waals surface area contributed by atoms with Gasteiger partial charge in [-0.3, -0.25) is 14.5 Å². The highest BCUT2D eigenvalue weighted by Crippen LogP contribution is 2.45. The molecule has 2 bridgehead atoms. The monoisotopic (exact) mass is 468 g/mol. The zero-order chi connectivity index (χ0) is 23.6. The maximum Gasteiger partial charge on any atom is 0.256 e. The van der Waals surface area contributed by atoms with E-state index in [1.807, 2.05) is 4.90 Å². The van der Waals surface area contributed by atoms with Crippen LogP contribution in [0.25, 0.3) is 11.3 Å². The molecule has 5 heterocycles. The summed E-state index contributed by atoms with van der Waals surface area (Å²) in [4.78, 5) is 20.0. The second-order valence-corrected chi connectivity index (χ2v) is 9.23. The van der Waals surface area contributed by atoms with Gasteiger partial charge in [-0.05, 0) is 56.7 Å². The second kappa shape index (κ2) is 7.85. The fourth-order valence-electron chi connectivity index (χ4n) is 5.68. The molecule has 3 aliphatic rings. The Kier molecular flexibility index (Phi) is 4.89. The predicted molar refractivity (Wildman–Crippen MR) is 117 cm³/mol. The molecule has 1 saturated heterocycles. The Morgan fingerprint density at radius 3 is 2.71 bits per heavy atom. The van der Waals surface area contributed by atoms with Gasteiger partial charge in [0.15, 0.2) is 17.5 Å². The molecule has 0 radical (unpaired) electrons. The summed E-state index contributed by atoms with van der Waals surface area (Å²) >= 11 is 0. The van der Waals surface area contributed by atoms with Gasteiger partial charge in [0.05, 0.1) is 35.3 Å². The smallest absolute Gasteiger partial charge is 0.256 e. The molecule has 1 amide bonds. The summed E-state index contributed by atoms with van der Waals surface area (Å²) in [6, 6.07) is 3.46. The van der Waals surface area contributed by atoms with Gasteiger partial charge in [0.1, 0.15) is 5.75 Å². The van der Waals surface area contributed by atoms with Crippen molar-refractivity contribution in [2.24, 2.45) is 7.05 Å². The quantitative estimate of drug-likeness (QED) is 0.519. The first kappa shape index (κ1) is 21.2. The number of carbonyl (C=O) groups is 1. The number of halogens is 3. The first-order valence-electron chi connectivity index (χ1n) is 11.6. The average molecular weight is 468 g/mol. The van der Waals surface area contributed by atoms with E-state index in [2.05, 4.69) is 10.1 Å². The number of aryl methyl sites for hydroxylation is 2. The number of pyridine rings is 1. The molecule has 0 unspecified atom stereocenters. The first-order chi connectivity index (χ1) is 16.4. The predicted octanol–water partition coefficient (Wildman–Crippen LogP) is 4.52. The van der Waals surface area contributed by atoms with Crippen molar-refractivity contribution in [2.45, 2.75) is 50.6 Å². The molecule has 9 heteroatoms.